The molecule has 2 aromatic carbocycles. The van der Waals surface area contributed by atoms with E-state index in [4.69, 9.17) is 4.74 Å². The van der Waals surface area contributed by atoms with Crippen LogP contribution in [0.3, 0.4) is 0 Å². The van der Waals surface area contributed by atoms with Crippen molar-refractivity contribution in [1.29, 1.82) is 5.26 Å². The van der Waals surface area contributed by atoms with E-state index in [1.807, 2.05) is 6.07 Å². The minimum absolute atomic E-state index is 0.0137. The second-order valence-electron chi connectivity index (χ2n) is 6.68. The number of nitrogens with one attached hydrogen (secondary N) is 1. The van der Waals surface area contributed by atoms with Gasteiger partial charge in [-0.3, -0.25) is 4.79 Å². The predicted molar refractivity (Wildman–Crippen MR) is 113 cm³/mol. The van der Waals surface area contributed by atoms with Crippen LogP contribution >= 0.6 is 11.8 Å². The van der Waals surface area contributed by atoms with Crippen molar-refractivity contribution in [2.24, 2.45) is 10.9 Å². The molecule has 0 saturated carbocycles. The molecule has 1 aliphatic heterocycles. The van der Waals surface area contributed by atoms with E-state index in [0.717, 1.165) is 0 Å². The summed E-state index contributed by atoms with van der Waals surface area (Å²) in [7, 11) is 1.44. The molecule has 0 spiro atoms. The summed E-state index contributed by atoms with van der Waals surface area (Å²) < 4.78 is 47.5. The fourth-order valence-electron chi connectivity index (χ4n) is 3.49. The number of thioether (sulfide) groups is 1. The summed E-state index contributed by atoms with van der Waals surface area (Å²) in [6.07, 6.45) is 1.69. The number of rotatable bonds is 4. The highest BCUT2D eigenvalue weighted by Crippen LogP contribution is 2.42. The number of ether oxygens (including phenoxy) is 1. The number of carbonyl (C=O) groups excluding carboxylic acids is 1. The van der Waals surface area contributed by atoms with Gasteiger partial charge in [0.2, 0.25) is 0 Å². The zero-order valence-electron chi connectivity index (χ0n) is 16.9. The van der Waals surface area contributed by atoms with Gasteiger partial charge in [-0.05, 0) is 31.4 Å². The average molecular weight is 445 g/mol. The summed E-state index contributed by atoms with van der Waals surface area (Å²) >= 11 is 1.17. The molecule has 5 nitrogen and oxygen atoms in total. The van der Waals surface area contributed by atoms with Crippen LogP contribution in [0.1, 0.15) is 18.4 Å². The highest BCUT2D eigenvalue weighted by Gasteiger charge is 2.40. The summed E-state index contributed by atoms with van der Waals surface area (Å²) in [4.78, 5) is 17.6. The van der Waals surface area contributed by atoms with Crippen molar-refractivity contribution >= 4 is 28.4 Å². The molecule has 0 bridgehead atoms. The fourth-order valence-corrected chi connectivity index (χ4v) is 4.16. The van der Waals surface area contributed by atoms with E-state index in [0.29, 0.717) is 28.6 Å². The molecule has 3 rings (SSSR count). The number of anilines is 1. The highest BCUT2D eigenvalue weighted by atomic mass is 32.2. The number of nitriles is 1. The predicted octanol–water partition coefficient (Wildman–Crippen LogP) is 5.02. The molecule has 0 aromatic heterocycles. The Morgan fingerprint density at radius 3 is 2.52 bits per heavy atom. The Morgan fingerprint density at radius 1 is 1.19 bits per heavy atom. The van der Waals surface area contributed by atoms with Gasteiger partial charge in [0.25, 0.3) is 5.91 Å². The number of methoxy groups -OCH3 is 1. The third-order valence-corrected chi connectivity index (χ3v) is 5.66. The second kappa shape index (κ2) is 9.27. The van der Waals surface area contributed by atoms with Crippen LogP contribution in [-0.2, 0) is 4.79 Å². The summed E-state index contributed by atoms with van der Waals surface area (Å²) in [5.74, 6) is -6.19. The van der Waals surface area contributed by atoms with E-state index >= 15 is 0 Å². The van der Waals surface area contributed by atoms with Gasteiger partial charge in [-0.2, -0.15) is 5.26 Å². The van der Waals surface area contributed by atoms with E-state index in [2.05, 4.69) is 10.3 Å². The van der Waals surface area contributed by atoms with Crippen molar-refractivity contribution in [3.63, 3.8) is 0 Å². The van der Waals surface area contributed by atoms with Crippen molar-refractivity contribution in [3.05, 3.63) is 70.7 Å². The van der Waals surface area contributed by atoms with Crippen LogP contribution in [0.25, 0.3) is 0 Å². The maximum Gasteiger partial charge on any atom is 0.254 e. The fraction of sp³-hybridized carbons (Fsp3) is 0.227. The van der Waals surface area contributed by atoms with Gasteiger partial charge in [-0.1, -0.05) is 12.1 Å². The van der Waals surface area contributed by atoms with Gasteiger partial charge < -0.3 is 10.1 Å². The number of allylic oxidation sites excluding steroid dienone is 1. The Labute approximate surface area is 181 Å². The van der Waals surface area contributed by atoms with Crippen molar-refractivity contribution < 1.29 is 22.7 Å². The second-order valence-corrected chi connectivity index (χ2v) is 7.51. The molecule has 0 fully saturated rings. The summed E-state index contributed by atoms with van der Waals surface area (Å²) in [5, 5.41) is 12.8. The molecule has 1 N–H and O–H groups in total. The maximum absolute atomic E-state index is 14.7. The molecule has 2 atom stereocenters. The van der Waals surface area contributed by atoms with Gasteiger partial charge in [0.05, 0.1) is 23.9 Å². The molecule has 0 saturated heterocycles. The molecule has 31 heavy (non-hydrogen) atoms. The minimum Gasteiger partial charge on any atom is -0.495 e. The van der Waals surface area contributed by atoms with Crippen molar-refractivity contribution in [3.8, 4) is 11.8 Å². The largest absolute Gasteiger partial charge is 0.495 e. The van der Waals surface area contributed by atoms with Crippen LogP contribution in [0.2, 0.25) is 0 Å². The Balaban J connectivity index is 2.16. The lowest BCUT2D eigenvalue weighted by molar-refractivity contribution is -0.113. The normalized spacial score (nSPS) is 18.3. The Kier molecular flexibility index (Phi) is 6.71. The molecule has 1 heterocycles. The molecular weight excluding hydrogens is 427 g/mol. The summed E-state index contributed by atoms with van der Waals surface area (Å²) in [6.45, 7) is 1.55. The Morgan fingerprint density at radius 2 is 1.87 bits per heavy atom. The number of para-hydroxylation sites is 2. The van der Waals surface area contributed by atoms with E-state index in [1.165, 1.54) is 18.9 Å². The van der Waals surface area contributed by atoms with Gasteiger partial charge in [0.15, 0.2) is 11.6 Å². The number of halogens is 3. The Bertz CT molecular complexity index is 1140. The Hall–Kier alpha value is -3.25. The third kappa shape index (κ3) is 4.30. The SMILES string of the molecule is COc1ccccc1NC(=O)C1=C(C)N=C(SC)C(C#N)C1c1cc(F)c(F)cc1F. The van der Waals surface area contributed by atoms with Crippen LogP contribution < -0.4 is 10.1 Å². The molecule has 2 aromatic rings. The molecule has 1 aliphatic rings. The maximum atomic E-state index is 14.7. The minimum atomic E-state index is -1.36. The number of benzene rings is 2. The summed E-state index contributed by atoms with van der Waals surface area (Å²) in [6, 6.07) is 9.80. The van der Waals surface area contributed by atoms with Crippen molar-refractivity contribution in [2.75, 3.05) is 18.7 Å². The molecule has 0 radical (unpaired) electrons. The topological polar surface area (TPSA) is 74.5 Å². The number of hydrogen-bond acceptors (Lipinski definition) is 5. The van der Waals surface area contributed by atoms with Gasteiger partial charge >= 0.3 is 0 Å². The summed E-state index contributed by atoms with van der Waals surface area (Å²) in [5.41, 5.74) is 0.293. The van der Waals surface area contributed by atoms with Crippen LogP contribution in [0, 0.1) is 34.7 Å². The van der Waals surface area contributed by atoms with Crippen molar-refractivity contribution in [1.82, 2.24) is 0 Å². The van der Waals surface area contributed by atoms with E-state index in [9.17, 15) is 23.2 Å². The number of aliphatic imine (C=N–C) groups is 1. The zero-order chi connectivity index (χ0) is 22.7. The van der Waals surface area contributed by atoms with Crippen LogP contribution in [0.15, 0.2) is 52.7 Å². The zero-order valence-corrected chi connectivity index (χ0v) is 17.7. The van der Waals surface area contributed by atoms with E-state index in [-0.39, 0.29) is 16.8 Å². The average Bonchev–Trinajstić information content (AvgIpc) is 2.75. The molecule has 2 unspecified atom stereocenters. The van der Waals surface area contributed by atoms with Gasteiger partial charge in [0.1, 0.15) is 17.5 Å². The first-order valence-corrected chi connectivity index (χ1v) is 10.4. The molecule has 160 valence electrons. The monoisotopic (exact) mass is 445 g/mol. The molecular formula is C22H18F3N3O2S. The molecule has 9 heteroatoms. The standard InChI is InChI=1S/C22H18F3N3O2S/c1-11-19(21(29)28-17-6-4-5-7-18(17)30-2)20(13(10-26)22(27-11)31-3)12-8-15(24)16(25)9-14(12)23/h4-9,13,20H,1-3H3,(H,28,29). The number of amides is 1. The molecule has 1 amide bonds. The van der Waals surface area contributed by atoms with Crippen LogP contribution in [-0.4, -0.2) is 24.3 Å². The number of nitrogens with zero attached hydrogens (tertiary/aromatic N) is 2. The first kappa shape index (κ1) is 22.4. The smallest absolute Gasteiger partial charge is 0.254 e. The molecule has 0 aliphatic carbocycles. The lowest BCUT2D eigenvalue weighted by Crippen LogP contribution is -2.31. The lowest BCUT2D eigenvalue weighted by atomic mass is 9.78. The first-order chi connectivity index (χ1) is 14.8. The van der Waals surface area contributed by atoms with Gasteiger partial charge in [0, 0.05) is 28.8 Å². The van der Waals surface area contributed by atoms with Crippen LogP contribution in [0.4, 0.5) is 18.9 Å². The first-order valence-electron chi connectivity index (χ1n) is 9.14. The quantitative estimate of drug-likeness (QED) is 0.671. The number of carbonyl (C=O) groups is 1. The van der Waals surface area contributed by atoms with Gasteiger partial charge in [-0.25, -0.2) is 18.2 Å². The third-order valence-electron chi connectivity index (χ3n) is 4.90. The lowest BCUT2D eigenvalue weighted by Gasteiger charge is -2.30. The van der Waals surface area contributed by atoms with Crippen molar-refractivity contribution in [2.45, 2.75) is 12.8 Å². The van der Waals surface area contributed by atoms with Crippen LogP contribution in [0.5, 0.6) is 5.75 Å². The van der Waals surface area contributed by atoms with E-state index in [1.54, 1.807) is 37.4 Å². The highest BCUT2D eigenvalue weighted by molar-refractivity contribution is 8.13. The number of hydrogen-bond donors (Lipinski definition) is 1. The van der Waals surface area contributed by atoms with E-state index < -0.39 is 35.2 Å². The van der Waals surface area contributed by atoms with Gasteiger partial charge in [-0.15, -0.1) is 11.8 Å².